The van der Waals surface area contributed by atoms with E-state index in [1.54, 1.807) is 4.68 Å². The van der Waals surface area contributed by atoms with Crippen LogP contribution in [0.15, 0.2) is 42.5 Å². The van der Waals surface area contributed by atoms with Crippen molar-refractivity contribution in [3.8, 4) is 5.69 Å². The number of rotatable bonds is 2. The Labute approximate surface area is 110 Å². The summed E-state index contributed by atoms with van der Waals surface area (Å²) < 4.78 is 1.71. The van der Waals surface area contributed by atoms with E-state index in [0.29, 0.717) is 5.56 Å². The molecule has 0 aliphatic carbocycles. The second-order valence-electron chi connectivity index (χ2n) is 4.42. The second-order valence-corrected chi connectivity index (χ2v) is 4.42. The number of para-hydroxylation sites is 1. The van der Waals surface area contributed by atoms with Gasteiger partial charge in [-0.3, -0.25) is 5.41 Å². The molecule has 1 aromatic heterocycles. The van der Waals surface area contributed by atoms with Crippen LogP contribution in [0.3, 0.4) is 0 Å². The van der Waals surface area contributed by atoms with Crippen molar-refractivity contribution in [1.82, 2.24) is 15.0 Å². The predicted octanol–water partition coefficient (Wildman–Crippen LogP) is 2.01. The van der Waals surface area contributed by atoms with Crippen LogP contribution in [-0.2, 0) is 0 Å². The Balaban J connectivity index is 2.30. The van der Waals surface area contributed by atoms with E-state index in [-0.39, 0.29) is 5.84 Å². The summed E-state index contributed by atoms with van der Waals surface area (Å²) in [5.41, 5.74) is 9.86. The number of aryl methyl sites for hydroxylation is 1. The molecule has 94 valence electrons. The number of hydrogen-bond donors (Lipinski definition) is 2. The summed E-state index contributed by atoms with van der Waals surface area (Å²) in [6.45, 7) is 1.97. The maximum absolute atomic E-state index is 7.70. The van der Waals surface area contributed by atoms with Crippen LogP contribution in [-0.4, -0.2) is 20.8 Å². The van der Waals surface area contributed by atoms with E-state index in [0.717, 1.165) is 22.3 Å². The molecule has 5 heteroatoms. The van der Waals surface area contributed by atoms with Gasteiger partial charge in [0, 0.05) is 5.56 Å². The van der Waals surface area contributed by atoms with E-state index in [1.165, 1.54) is 0 Å². The summed E-state index contributed by atoms with van der Waals surface area (Å²) in [7, 11) is 0. The van der Waals surface area contributed by atoms with Crippen molar-refractivity contribution in [2.45, 2.75) is 6.92 Å². The quantitative estimate of drug-likeness (QED) is 0.540. The Hall–Kier alpha value is -2.69. The van der Waals surface area contributed by atoms with Crippen molar-refractivity contribution < 1.29 is 0 Å². The minimum Gasteiger partial charge on any atom is -0.384 e. The van der Waals surface area contributed by atoms with Crippen LogP contribution in [0, 0.1) is 12.3 Å². The van der Waals surface area contributed by atoms with Gasteiger partial charge in [-0.05, 0) is 31.2 Å². The van der Waals surface area contributed by atoms with Gasteiger partial charge in [-0.15, -0.1) is 5.10 Å². The first-order valence-electron chi connectivity index (χ1n) is 5.92. The molecular weight excluding hydrogens is 238 g/mol. The van der Waals surface area contributed by atoms with Gasteiger partial charge in [-0.25, -0.2) is 4.68 Å². The summed E-state index contributed by atoms with van der Waals surface area (Å²) >= 11 is 0. The Kier molecular flexibility index (Phi) is 2.52. The van der Waals surface area contributed by atoms with E-state index in [1.807, 2.05) is 49.4 Å². The molecule has 3 N–H and O–H groups in total. The number of amidine groups is 1. The van der Waals surface area contributed by atoms with Gasteiger partial charge in [-0.2, -0.15) is 0 Å². The van der Waals surface area contributed by atoms with Crippen molar-refractivity contribution in [2.24, 2.45) is 5.73 Å². The molecule has 5 nitrogen and oxygen atoms in total. The molecule has 0 spiro atoms. The third-order valence-corrected chi connectivity index (χ3v) is 3.02. The lowest BCUT2D eigenvalue weighted by atomic mass is 10.1. The number of aromatic nitrogens is 3. The fourth-order valence-electron chi connectivity index (χ4n) is 2.10. The lowest BCUT2D eigenvalue weighted by molar-refractivity contribution is 0.822. The number of benzene rings is 2. The molecule has 19 heavy (non-hydrogen) atoms. The molecule has 0 amide bonds. The van der Waals surface area contributed by atoms with Crippen LogP contribution in [0.2, 0.25) is 0 Å². The molecule has 0 aliphatic rings. The summed E-state index contributed by atoms with van der Waals surface area (Å²) in [4.78, 5) is 0. The summed E-state index contributed by atoms with van der Waals surface area (Å²) in [6.07, 6.45) is 0. The molecule has 0 unspecified atom stereocenters. The summed E-state index contributed by atoms with van der Waals surface area (Å²) in [6, 6.07) is 13.5. The highest BCUT2D eigenvalue weighted by Gasteiger charge is 2.12. The molecule has 3 aromatic rings. The molecule has 3 rings (SSSR count). The van der Waals surface area contributed by atoms with Gasteiger partial charge >= 0.3 is 0 Å². The lowest BCUT2D eigenvalue weighted by Gasteiger charge is -2.09. The number of nitrogen functional groups attached to an aromatic ring is 1. The zero-order valence-corrected chi connectivity index (χ0v) is 10.5. The van der Waals surface area contributed by atoms with E-state index >= 15 is 0 Å². The first-order chi connectivity index (χ1) is 9.16. The van der Waals surface area contributed by atoms with Crippen LogP contribution in [0.1, 0.15) is 11.1 Å². The molecule has 0 radical (unpaired) electrons. The summed E-state index contributed by atoms with van der Waals surface area (Å²) in [5, 5.41) is 16.0. The van der Waals surface area contributed by atoms with Gasteiger partial charge in [0.25, 0.3) is 0 Å². The number of nitrogens with zero attached hydrogens (tertiary/aromatic N) is 3. The van der Waals surface area contributed by atoms with E-state index in [4.69, 9.17) is 11.1 Å². The largest absolute Gasteiger partial charge is 0.384 e. The average molecular weight is 251 g/mol. The molecule has 0 bridgehead atoms. The van der Waals surface area contributed by atoms with Gasteiger partial charge in [0.15, 0.2) is 0 Å². The Morgan fingerprint density at radius 1 is 1.21 bits per heavy atom. The molecule has 2 aromatic carbocycles. The third kappa shape index (κ3) is 1.85. The highest BCUT2D eigenvalue weighted by Crippen LogP contribution is 2.20. The van der Waals surface area contributed by atoms with Crippen LogP contribution < -0.4 is 5.73 Å². The Morgan fingerprint density at radius 2 is 2.00 bits per heavy atom. The zero-order chi connectivity index (χ0) is 13.4. The standard InChI is InChI=1S/C14H13N5/c1-9-6-7-12(10(8-9)14(15)16)19-13-5-3-2-4-11(13)17-18-19/h2-8H,1H3,(H3,15,16). The SMILES string of the molecule is Cc1ccc(-n2nnc3ccccc32)c(C(=N)N)c1. The van der Waals surface area contributed by atoms with Gasteiger partial charge in [-0.1, -0.05) is 29.0 Å². The molecule has 0 saturated heterocycles. The van der Waals surface area contributed by atoms with Crippen molar-refractivity contribution in [3.05, 3.63) is 53.6 Å². The molecule has 1 heterocycles. The smallest absolute Gasteiger partial charge is 0.124 e. The normalized spacial score (nSPS) is 10.8. The first kappa shape index (κ1) is 11.4. The monoisotopic (exact) mass is 251 g/mol. The highest BCUT2D eigenvalue weighted by molar-refractivity contribution is 5.99. The molecule has 0 aliphatic heterocycles. The van der Waals surface area contributed by atoms with E-state index in [2.05, 4.69) is 10.3 Å². The molecule has 0 atom stereocenters. The Morgan fingerprint density at radius 3 is 2.79 bits per heavy atom. The van der Waals surface area contributed by atoms with Crippen LogP contribution >= 0.6 is 0 Å². The van der Waals surface area contributed by atoms with Crippen molar-refractivity contribution >= 4 is 16.9 Å². The van der Waals surface area contributed by atoms with E-state index in [9.17, 15) is 0 Å². The minimum atomic E-state index is 0.0262. The molecule has 0 fully saturated rings. The number of nitrogens with one attached hydrogen (secondary N) is 1. The van der Waals surface area contributed by atoms with Crippen molar-refractivity contribution in [1.29, 1.82) is 5.41 Å². The zero-order valence-electron chi connectivity index (χ0n) is 10.5. The minimum absolute atomic E-state index is 0.0262. The number of hydrogen-bond acceptors (Lipinski definition) is 3. The van der Waals surface area contributed by atoms with Gasteiger partial charge in [0.2, 0.25) is 0 Å². The number of fused-ring (bicyclic) bond motifs is 1. The fourth-order valence-corrected chi connectivity index (χ4v) is 2.10. The third-order valence-electron chi connectivity index (χ3n) is 3.02. The van der Waals surface area contributed by atoms with Gasteiger partial charge in [0.05, 0.1) is 11.2 Å². The lowest BCUT2D eigenvalue weighted by Crippen LogP contribution is -2.15. The predicted molar refractivity (Wildman–Crippen MR) is 74.6 cm³/mol. The first-order valence-corrected chi connectivity index (χ1v) is 5.92. The van der Waals surface area contributed by atoms with Crippen LogP contribution in [0.25, 0.3) is 16.7 Å². The van der Waals surface area contributed by atoms with E-state index < -0.39 is 0 Å². The topological polar surface area (TPSA) is 80.6 Å². The molecular formula is C14H13N5. The summed E-state index contributed by atoms with van der Waals surface area (Å²) in [5.74, 6) is 0.0262. The second kappa shape index (κ2) is 4.20. The highest BCUT2D eigenvalue weighted by atomic mass is 15.4. The maximum atomic E-state index is 7.70. The number of nitrogens with two attached hydrogens (primary N) is 1. The van der Waals surface area contributed by atoms with Gasteiger partial charge < -0.3 is 5.73 Å². The average Bonchev–Trinajstić information content (AvgIpc) is 2.82. The Bertz CT molecular complexity index is 772. The van der Waals surface area contributed by atoms with Crippen LogP contribution in [0.4, 0.5) is 0 Å². The fraction of sp³-hybridized carbons (Fsp3) is 0.0714. The maximum Gasteiger partial charge on any atom is 0.124 e. The van der Waals surface area contributed by atoms with Gasteiger partial charge in [0.1, 0.15) is 11.4 Å². The van der Waals surface area contributed by atoms with Crippen molar-refractivity contribution in [2.75, 3.05) is 0 Å². The molecule has 0 saturated carbocycles. The van der Waals surface area contributed by atoms with Crippen molar-refractivity contribution in [3.63, 3.8) is 0 Å². The van der Waals surface area contributed by atoms with Crippen LogP contribution in [0.5, 0.6) is 0 Å².